The number of piperidine rings is 1. The van der Waals surface area contributed by atoms with Crippen molar-refractivity contribution in [3.05, 3.63) is 41.7 Å². The number of anilines is 2. The van der Waals surface area contributed by atoms with Gasteiger partial charge in [-0.25, -0.2) is 18.7 Å². The number of ether oxygens (including phenoxy) is 1. The summed E-state index contributed by atoms with van der Waals surface area (Å²) < 4.78 is 35.3. The maximum absolute atomic E-state index is 15.0. The molecule has 7 nitrogen and oxygen atoms in total. The second-order valence-electron chi connectivity index (χ2n) is 7.79. The van der Waals surface area contributed by atoms with Gasteiger partial charge in [-0.3, -0.25) is 4.90 Å². The average molecular weight is 431 g/mol. The number of benzene rings is 1. The van der Waals surface area contributed by atoms with E-state index in [4.69, 9.17) is 9.57 Å². The molecule has 0 bridgehead atoms. The molecule has 1 aromatic heterocycles. The van der Waals surface area contributed by atoms with Gasteiger partial charge in [-0.2, -0.15) is 0 Å². The van der Waals surface area contributed by atoms with Gasteiger partial charge in [-0.1, -0.05) is 19.0 Å². The lowest BCUT2D eigenvalue weighted by Gasteiger charge is -2.36. The van der Waals surface area contributed by atoms with Crippen molar-refractivity contribution in [3.8, 4) is 5.75 Å². The summed E-state index contributed by atoms with van der Waals surface area (Å²) in [6.07, 6.45) is 8.26. The minimum Gasteiger partial charge on any atom is -0.487 e. The minimum atomic E-state index is -0.739. The highest BCUT2D eigenvalue weighted by atomic mass is 19.1. The minimum absolute atomic E-state index is 0.0335. The Balaban J connectivity index is 1.42. The van der Waals surface area contributed by atoms with Crippen LogP contribution in [0.25, 0.3) is 0 Å². The molecular formula is C22H27F2N5O2. The van der Waals surface area contributed by atoms with Crippen LogP contribution in [0.1, 0.15) is 38.7 Å². The van der Waals surface area contributed by atoms with Gasteiger partial charge in [0.1, 0.15) is 23.9 Å². The maximum Gasteiger partial charge on any atom is 0.225 e. The lowest BCUT2D eigenvalue weighted by atomic mass is 9.90. The fourth-order valence-electron chi connectivity index (χ4n) is 4.06. The van der Waals surface area contributed by atoms with Crippen molar-refractivity contribution in [3.63, 3.8) is 0 Å². The van der Waals surface area contributed by atoms with Gasteiger partial charge in [0.15, 0.2) is 18.3 Å². The van der Waals surface area contributed by atoms with Gasteiger partial charge in [-0.05, 0) is 49.3 Å². The van der Waals surface area contributed by atoms with Crippen LogP contribution in [0.5, 0.6) is 5.75 Å². The largest absolute Gasteiger partial charge is 0.487 e. The van der Waals surface area contributed by atoms with Crippen LogP contribution in [-0.4, -0.2) is 42.2 Å². The molecule has 0 radical (unpaired) electrons. The zero-order valence-corrected chi connectivity index (χ0v) is 17.8. The summed E-state index contributed by atoms with van der Waals surface area (Å²) in [7, 11) is 0. The second-order valence-corrected chi connectivity index (χ2v) is 7.79. The van der Waals surface area contributed by atoms with Gasteiger partial charge < -0.3 is 14.5 Å². The molecule has 1 atom stereocenters. The Morgan fingerprint density at radius 3 is 2.52 bits per heavy atom. The van der Waals surface area contributed by atoms with Crippen molar-refractivity contribution in [2.45, 2.75) is 45.6 Å². The first-order valence-electron chi connectivity index (χ1n) is 10.7. The highest BCUT2D eigenvalue weighted by molar-refractivity contribution is 5.80. The van der Waals surface area contributed by atoms with Gasteiger partial charge in [0, 0.05) is 25.5 Å². The molecule has 0 spiro atoms. The van der Waals surface area contributed by atoms with Gasteiger partial charge in [0.2, 0.25) is 5.95 Å². The molecule has 166 valence electrons. The molecule has 1 unspecified atom stereocenters. The number of rotatable bonds is 7. The van der Waals surface area contributed by atoms with Gasteiger partial charge in [-0.15, -0.1) is 0 Å². The van der Waals surface area contributed by atoms with Gasteiger partial charge >= 0.3 is 0 Å². The summed E-state index contributed by atoms with van der Waals surface area (Å²) in [4.78, 5) is 17.2. The van der Waals surface area contributed by atoms with Crippen LogP contribution in [0.15, 0.2) is 29.7 Å². The van der Waals surface area contributed by atoms with Crippen molar-refractivity contribution in [1.82, 2.24) is 9.97 Å². The van der Waals surface area contributed by atoms with Crippen molar-refractivity contribution in [1.29, 1.82) is 0 Å². The molecule has 0 aliphatic carbocycles. The Labute approximate surface area is 180 Å². The first-order chi connectivity index (χ1) is 15.1. The molecular weight excluding hydrogens is 404 g/mol. The molecule has 3 heterocycles. The fourth-order valence-corrected chi connectivity index (χ4v) is 4.06. The molecule has 2 aromatic rings. The predicted molar refractivity (Wildman–Crippen MR) is 114 cm³/mol. The molecule has 1 fully saturated rings. The van der Waals surface area contributed by atoms with E-state index in [-0.39, 0.29) is 30.2 Å². The molecule has 1 saturated heterocycles. The van der Waals surface area contributed by atoms with E-state index >= 15 is 4.39 Å². The normalized spacial score (nSPS) is 17.7. The van der Waals surface area contributed by atoms with Crippen LogP contribution >= 0.6 is 0 Å². The third-order valence-corrected chi connectivity index (χ3v) is 5.91. The number of oxime groups is 1. The van der Waals surface area contributed by atoms with Crippen molar-refractivity contribution < 1.29 is 18.4 Å². The predicted octanol–water partition coefficient (Wildman–Crippen LogP) is 4.13. The summed E-state index contributed by atoms with van der Waals surface area (Å²) in [6.45, 7) is 5.69. The zero-order valence-electron chi connectivity index (χ0n) is 17.8. The summed E-state index contributed by atoms with van der Waals surface area (Å²) in [5.74, 6) is -0.368. The van der Waals surface area contributed by atoms with E-state index in [1.807, 2.05) is 19.3 Å². The standard InChI is InChI=1S/C22H27F2N5O2/c1-3-15-11-25-22(26-12-15)28-9-7-16(8-10-28)18(4-2)31-19-6-5-17(23)21(20(19)24)29-13-27-30-14-29/h5-6,11-13,16,18H,3-4,7-10,14H2,1-2H3. The van der Waals surface area contributed by atoms with Crippen LogP contribution in [0.2, 0.25) is 0 Å². The van der Waals surface area contributed by atoms with Crippen molar-refractivity contribution >= 4 is 18.0 Å². The molecule has 0 N–H and O–H groups in total. The van der Waals surface area contributed by atoms with E-state index in [0.717, 1.165) is 50.3 Å². The van der Waals surface area contributed by atoms with Crippen molar-refractivity contribution in [2.24, 2.45) is 11.1 Å². The van der Waals surface area contributed by atoms with E-state index < -0.39 is 11.6 Å². The van der Waals surface area contributed by atoms with E-state index in [0.29, 0.717) is 0 Å². The number of hydrogen-bond donors (Lipinski definition) is 0. The van der Waals surface area contributed by atoms with E-state index in [1.54, 1.807) is 0 Å². The molecule has 0 saturated carbocycles. The monoisotopic (exact) mass is 431 g/mol. The van der Waals surface area contributed by atoms with Crippen molar-refractivity contribution in [2.75, 3.05) is 29.6 Å². The summed E-state index contributed by atoms with van der Waals surface area (Å²) >= 11 is 0. The third-order valence-electron chi connectivity index (χ3n) is 5.91. The SMILES string of the molecule is CCc1cnc(N2CCC(C(CC)Oc3ccc(F)c(N4C=NOC4)c3F)CC2)nc1. The fraction of sp³-hybridized carbons (Fsp3) is 0.500. The third kappa shape index (κ3) is 4.55. The lowest BCUT2D eigenvalue weighted by Crippen LogP contribution is -2.40. The summed E-state index contributed by atoms with van der Waals surface area (Å²) in [5.41, 5.74) is 0.904. The first-order valence-corrected chi connectivity index (χ1v) is 10.7. The quantitative estimate of drug-likeness (QED) is 0.657. The Hall–Kier alpha value is -2.97. The van der Waals surface area contributed by atoms with Gasteiger partial charge in [0.05, 0.1) is 0 Å². The average Bonchev–Trinajstić information content (AvgIpc) is 3.33. The lowest BCUT2D eigenvalue weighted by molar-refractivity contribution is 0.107. The molecule has 31 heavy (non-hydrogen) atoms. The Bertz CT molecular complexity index is 917. The van der Waals surface area contributed by atoms with E-state index in [2.05, 4.69) is 26.9 Å². The molecule has 1 aromatic carbocycles. The number of halogens is 2. The number of nitrogens with zero attached hydrogens (tertiary/aromatic N) is 5. The first kappa shape index (κ1) is 21.3. The Morgan fingerprint density at radius 1 is 1.16 bits per heavy atom. The smallest absolute Gasteiger partial charge is 0.225 e. The molecule has 4 rings (SSSR count). The highest BCUT2D eigenvalue weighted by Gasteiger charge is 2.30. The molecule has 2 aliphatic heterocycles. The van der Waals surface area contributed by atoms with E-state index in [9.17, 15) is 4.39 Å². The number of aromatic nitrogens is 2. The van der Waals surface area contributed by atoms with Gasteiger partial charge in [0.25, 0.3) is 0 Å². The Morgan fingerprint density at radius 2 is 1.90 bits per heavy atom. The molecule has 9 heteroatoms. The van der Waals surface area contributed by atoms with Crippen LogP contribution in [-0.2, 0) is 11.3 Å². The summed E-state index contributed by atoms with van der Waals surface area (Å²) in [6, 6.07) is 2.57. The summed E-state index contributed by atoms with van der Waals surface area (Å²) in [5, 5.41) is 3.56. The number of hydrogen-bond acceptors (Lipinski definition) is 7. The molecule has 0 amide bonds. The highest BCUT2D eigenvalue weighted by Crippen LogP contribution is 2.34. The van der Waals surface area contributed by atoms with E-state index in [1.165, 1.54) is 23.4 Å². The van der Waals surface area contributed by atoms with Crippen LogP contribution in [0.3, 0.4) is 0 Å². The molecule has 2 aliphatic rings. The van der Waals surface area contributed by atoms with Crippen LogP contribution in [0, 0.1) is 17.6 Å². The topological polar surface area (TPSA) is 63.1 Å². The second kappa shape index (κ2) is 9.45. The van der Waals surface area contributed by atoms with Crippen LogP contribution in [0.4, 0.5) is 20.4 Å². The maximum atomic E-state index is 15.0. The number of aryl methyl sites for hydroxylation is 1. The van der Waals surface area contributed by atoms with Crippen LogP contribution < -0.4 is 14.5 Å². The Kier molecular flexibility index (Phi) is 6.48. The zero-order chi connectivity index (χ0) is 21.8.